The van der Waals surface area contributed by atoms with E-state index < -0.39 is 17.5 Å². The molecule has 2 aromatic rings. The van der Waals surface area contributed by atoms with Gasteiger partial charge in [0.2, 0.25) is 5.91 Å². The molecule has 2 heterocycles. The number of nitrogens with one attached hydrogen (secondary N) is 2. The van der Waals surface area contributed by atoms with E-state index >= 15 is 0 Å². The summed E-state index contributed by atoms with van der Waals surface area (Å²) in [5.74, 6) is -0.809. The maximum Gasteiger partial charge on any atom is 0.325 e. The van der Waals surface area contributed by atoms with Crippen molar-refractivity contribution in [1.29, 1.82) is 0 Å². The van der Waals surface area contributed by atoms with Gasteiger partial charge in [-0.25, -0.2) is 4.79 Å². The van der Waals surface area contributed by atoms with E-state index in [1.165, 1.54) is 11.3 Å². The van der Waals surface area contributed by atoms with Gasteiger partial charge in [-0.05, 0) is 43.0 Å². The van der Waals surface area contributed by atoms with Gasteiger partial charge in [-0.2, -0.15) is 0 Å². The lowest BCUT2D eigenvalue weighted by Crippen LogP contribution is -2.43. The Morgan fingerprint density at radius 1 is 1.31 bits per heavy atom. The molecule has 2 unspecified atom stereocenters. The van der Waals surface area contributed by atoms with Crippen molar-refractivity contribution in [2.75, 3.05) is 6.54 Å². The van der Waals surface area contributed by atoms with E-state index in [4.69, 9.17) is 0 Å². The lowest BCUT2D eigenvalue weighted by Gasteiger charge is -2.20. The molecule has 1 aliphatic heterocycles. The normalized spacial score (nSPS) is 20.8. The SMILES string of the molecule is CC(NC(=O)CN1C(=O)NC(C)(c2cccs2)C1=O)c1ccc(Br)cc1. The van der Waals surface area contributed by atoms with Crippen LogP contribution >= 0.6 is 27.3 Å². The Morgan fingerprint density at radius 3 is 2.62 bits per heavy atom. The number of benzene rings is 1. The number of rotatable bonds is 5. The van der Waals surface area contributed by atoms with Crippen molar-refractivity contribution < 1.29 is 14.4 Å². The van der Waals surface area contributed by atoms with Crippen LogP contribution in [0.25, 0.3) is 0 Å². The van der Waals surface area contributed by atoms with Crippen molar-refractivity contribution in [1.82, 2.24) is 15.5 Å². The molecule has 2 atom stereocenters. The molecule has 1 aromatic carbocycles. The first-order valence-corrected chi connectivity index (χ1v) is 9.71. The lowest BCUT2D eigenvalue weighted by molar-refractivity contribution is -0.134. The van der Waals surface area contributed by atoms with E-state index in [0.29, 0.717) is 0 Å². The highest BCUT2D eigenvalue weighted by atomic mass is 79.9. The predicted molar refractivity (Wildman–Crippen MR) is 103 cm³/mol. The fraction of sp³-hybridized carbons (Fsp3) is 0.278. The zero-order valence-corrected chi connectivity index (χ0v) is 16.7. The van der Waals surface area contributed by atoms with Crippen LogP contribution in [-0.4, -0.2) is 29.3 Å². The summed E-state index contributed by atoms with van der Waals surface area (Å²) in [6.45, 7) is 3.19. The molecule has 1 aliphatic rings. The average Bonchev–Trinajstić information content (AvgIpc) is 3.20. The van der Waals surface area contributed by atoms with Crippen LogP contribution in [0.3, 0.4) is 0 Å². The number of thiophene rings is 1. The zero-order chi connectivity index (χ0) is 18.9. The molecule has 0 bridgehead atoms. The van der Waals surface area contributed by atoms with E-state index in [1.54, 1.807) is 13.0 Å². The topological polar surface area (TPSA) is 78.5 Å². The molecule has 0 radical (unpaired) electrons. The van der Waals surface area contributed by atoms with E-state index in [1.807, 2.05) is 42.6 Å². The van der Waals surface area contributed by atoms with Crippen LogP contribution in [0.15, 0.2) is 46.3 Å². The minimum Gasteiger partial charge on any atom is -0.348 e. The van der Waals surface area contributed by atoms with Crippen LogP contribution in [0.5, 0.6) is 0 Å². The van der Waals surface area contributed by atoms with Gasteiger partial charge in [-0.1, -0.05) is 34.1 Å². The molecule has 0 aliphatic carbocycles. The number of nitrogens with zero attached hydrogens (tertiary/aromatic N) is 1. The Morgan fingerprint density at radius 2 is 2.00 bits per heavy atom. The first kappa shape index (κ1) is 18.6. The van der Waals surface area contributed by atoms with Gasteiger partial charge < -0.3 is 10.6 Å². The van der Waals surface area contributed by atoms with E-state index in [2.05, 4.69) is 26.6 Å². The molecule has 1 saturated heterocycles. The van der Waals surface area contributed by atoms with Gasteiger partial charge >= 0.3 is 6.03 Å². The van der Waals surface area contributed by atoms with Gasteiger partial charge in [0.15, 0.2) is 5.54 Å². The zero-order valence-electron chi connectivity index (χ0n) is 14.3. The second kappa shape index (κ2) is 7.20. The fourth-order valence-electron chi connectivity index (χ4n) is 2.84. The molecular formula is C18H18BrN3O3S. The highest BCUT2D eigenvalue weighted by Gasteiger charge is 2.50. The number of halogens is 1. The maximum absolute atomic E-state index is 12.7. The molecule has 0 spiro atoms. The highest BCUT2D eigenvalue weighted by Crippen LogP contribution is 2.31. The molecule has 3 rings (SSSR count). The van der Waals surface area contributed by atoms with Crippen LogP contribution in [0, 0.1) is 0 Å². The third-order valence-corrected chi connectivity index (χ3v) is 5.96. The van der Waals surface area contributed by atoms with Crippen LogP contribution in [0.1, 0.15) is 30.3 Å². The number of carbonyl (C=O) groups is 3. The van der Waals surface area contributed by atoms with Crippen molar-refractivity contribution in [3.8, 4) is 0 Å². The Bertz CT molecular complexity index is 838. The molecular weight excluding hydrogens is 418 g/mol. The fourth-order valence-corrected chi connectivity index (χ4v) is 3.94. The molecule has 4 amide bonds. The maximum atomic E-state index is 12.7. The number of hydrogen-bond donors (Lipinski definition) is 2. The number of carbonyl (C=O) groups excluding carboxylic acids is 3. The monoisotopic (exact) mass is 435 g/mol. The minimum absolute atomic E-state index is 0.236. The van der Waals surface area contributed by atoms with E-state index in [-0.39, 0.29) is 18.5 Å². The summed E-state index contributed by atoms with van der Waals surface area (Å²) in [6.07, 6.45) is 0. The summed E-state index contributed by atoms with van der Waals surface area (Å²) in [4.78, 5) is 39.0. The third-order valence-electron chi connectivity index (χ3n) is 4.34. The van der Waals surface area contributed by atoms with Crippen LogP contribution < -0.4 is 10.6 Å². The largest absolute Gasteiger partial charge is 0.348 e. The van der Waals surface area contributed by atoms with Gasteiger partial charge in [0.1, 0.15) is 6.54 Å². The molecule has 0 saturated carbocycles. The number of urea groups is 1. The predicted octanol–water partition coefficient (Wildman–Crippen LogP) is 3.16. The van der Waals surface area contributed by atoms with Crippen LogP contribution in [0.2, 0.25) is 0 Å². The van der Waals surface area contributed by atoms with Gasteiger partial charge in [0.25, 0.3) is 5.91 Å². The summed E-state index contributed by atoms with van der Waals surface area (Å²) in [6, 6.07) is 10.4. The summed E-state index contributed by atoms with van der Waals surface area (Å²) < 4.78 is 0.951. The highest BCUT2D eigenvalue weighted by molar-refractivity contribution is 9.10. The van der Waals surface area contributed by atoms with Crippen molar-refractivity contribution >= 4 is 45.1 Å². The molecule has 1 fully saturated rings. The second-order valence-corrected chi connectivity index (χ2v) is 8.13. The average molecular weight is 436 g/mol. The third kappa shape index (κ3) is 3.52. The summed E-state index contributed by atoms with van der Waals surface area (Å²) in [7, 11) is 0. The van der Waals surface area contributed by atoms with Crippen LogP contribution in [-0.2, 0) is 15.1 Å². The van der Waals surface area contributed by atoms with Gasteiger partial charge in [-0.15, -0.1) is 11.3 Å². The number of imide groups is 1. The van der Waals surface area contributed by atoms with Crippen molar-refractivity contribution in [3.63, 3.8) is 0 Å². The molecule has 8 heteroatoms. The summed E-state index contributed by atoms with van der Waals surface area (Å²) in [5.41, 5.74) is -0.190. The van der Waals surface area contributed by atoms with E-state index in [0.717, 1.165) is 19.8 Å². The molecule has 1 aromatic heterocycles. The molecule has 6 nitrogen and oxygen atoms in total. The Balaban J connectivity index is 1.66. The first-order valence-electron chi connectivity index (χ1n) is 8.04. The quantitative estimate of drug-likeness (QED) is 0.707. The van der Waals surface area contributed by atoms with Crippen molar-refractivity contribution in [2.24, 2.45) is 0 Å². The molecule has 136 valence electrons. The Kier molecular flexibility index (Phi) is 5.15. The standard InChI is InChI=1S/C18H18BrN3O3S/c1-11(12-5-7-13(19)8-6-12)20-15(23)10-22-16(24)18(2,21-17(22)25)14-4-3-9-26-14/h3-9,11H,10H2,1-2H3,(H,20,23)(H,21,25). The van der Waals surface area contributed by atoms with Crippen molar-refractivity contribution in [3.05, 3.63) is 56.7 Å². The summed E-state index contributed by atoms with van der Waals surface area (Å²) >= 11 is 4.76. The first-order chi connectivity index (χ1) is 12.3. The number of hydrogen-bond acceptors (Lipinski definition) is 4. The van der Waals surface area contributed by atoms with Crippen molar-refractivity contribution in [2.45, 2.75) is 25.4 Å². The summed E-state index contributed by atoms with van der Waals surface area (Å²) in [5, 5.41) is 7.35. The van der Waals surface area contributed by atoms with Gasteiger partial charge in [0.05, 0.1) is 6.04 Å². The Hall–Kier alpha value is -2.19. The van der Waals surface area contributed by atoms with Crippen LogP contribution in [0.4, 0.5) is 4.79 Å². The van der Waals surface area contributed by atoms with Gasteiger partial charge in [-0.3, -0.25) is 14.5 Å². The second-order valence-electron chi connectivity index (χ2n) is 6.26. The smallest absolute Gasteiger partial charge is 0.325 e. The molecule has 2 N–H and O–H groups in total. The van der Waals surface area contributed by atoms with E-state index in [9.17, 15) is 14.4 Å². The minimum atomic E-state index is -1.12. The Labute approximate surface area is 163 Å². The number of amides is 4. The lowest BCUT2D eigenvalue weighted by atomic mass is 10.0. The molecule has 26 heavy (non-hydrogen) atoms. The van der Waals surface area contributed by atoms with Gasteiger partial charge in [0, 0.05) is 9.35 Å².